The number of ketones is 1. The molecule has 0 aliphatic heterocycles. The summed E-state index contributed by atoms with van der Waals surface area (Å²) >= 11 is 0. The molecule has 2 aromatic carbocycles. The van der Waals surface area contributed by atoms with Crippen LogP contribution in [0.25, 0.3) is 5.69 Å². The molecule has 5 nitrogen and oxygen atoms in total. The first-order valence-corrected chi connectivity index (χ1v) is 8.51. The van der Waals surface area contributed by atoms with Gasteiger partial charge in [-0.05, 0) is 49.7 Å². The van der Waals surface area contributed by atoms with E-state index in [0.717, 1.165) is 16.8 Å². The summed E-state index contributed by atoms with van der Waals surface area (Å²) in [4.78, 5) is 28.5. The van der Waals surface area contributed by atoms with Gasteiger partial charge in [0.2, 0.25) is 5.91 Å². The SMILES string of the molecule is Cc1ccc(C)c(C(=O)CCC(=O)Nc2ccc(-n3ccnc3)cc2)c1. The molecule has 0 unspecified atom stereocenters. The zero-order valence-corrected chi connectivity index (χ0v) is 14.9. The van der Waals surface area contributed by atoms with E-state index in [-0.39, 0.29) is 24.5 Å². The Balaban J connectivity index is 1.55. The molecule has 0 saturated carbocycles. The molecule has 0 radical (unpaired) electrons. The molecule has 1 N–H and O–H groups in total. The summed E-state index contributed by atoms with van der Waals surface area (Å²) in [5.41, 5.74) is 4.35. The van der Waals surface area contributed by atoms with Gasteiger partial charge in [-0.15, -0.1) is 0 Å². The molecule has 0 aliphatic carbocycles. The number of hydrogen-bond donors (Lipinski definition) is 1. The number of imidazole rings is 1. The summed E-state index contributed by atoms with van der Waals surface area (Å²) in [7, 11) is 0. The summed E-state index contributed by atoms with van der Waals surface area (Å²) in [6.07, 6.45) is 5.64. The largest absolute Gasteiger partial charge is 0.326 e. The van der Waals surface area contributed by atoms with Gasteiger partial charge < -0.3 is 9.88 Å². The Kier molecular flexibility index (Phi) is 5.27. The Labute approximate surface area is 152 Å². The van der Waals surface area contributed by atoms with Gasteiger partial charge in [0.25, 0.3) is 0 Å². The monoisotopic (exact) mass is 347 g/mol. The lowest BCUT2D eigenvalue weighted by Crippen LogP contribution is -2.14. The fourth-order valence-electron chi connectivity index (χ4n) is 2.75. The minimum atomic E-state index is -0.168. The standard InChI is InChI=1S/C21H21N3O2/c1-15-3-4-16(2)19(13-15)20(25)9-10-21(26)23-17-5-7-18(8-6-17)24-12-11-22-14-24/h3-8,11-14H,9-10H2,1-2H3,(H,23,26). The fraction of sp³-hybridized carbons (Fsp3) is 0.190. The molecule has 1 amide bonds. The number of anilines is 1. The second-order valence-corrected chi connectivity index (χ2v) is 6.31. The molecule has 5 heteroatoms. The first-order valence-electron chi connectivity index (χ1n) is 8.51. The summed E-state index contributed by atoms with van der Waals surface area (Å²) < 4.78 is 1.88. The Hall–Kier alpha value is -3.21. The molecule has 0 aliphatic rings. The minimum Gasteiger partial charge on any atom is -0.326 e. The number of rotatable bonds is 6. The summed E-state index contributed by atoms with van der Waals surface area (Å²) in [6.45, 7) is 3.87. The molecule has 132 valence electrons. The summed E-state index contributed by atoms with van der Waals surface area (Å²) in [5.74, 6) is -0.171. The topological polar surface area (TPSA) is 64.0 Å². The lowest BCUT2D eigenvalue weighted by atomic mass is 9.99. The molecule has 3 rings (SSSR count). The van der Waals surface area contributed by atoms with E-state index < -0.39 is 0 Å². The number of nitrogens with zero attached hydrogens (tertiary/aromatic N) is 2. The van der Waals surface area contributed by atoms with Crippen molar-refractivity contribution < 1.29 is 9.59 Å². The Bertz CT molecular complexity index is 913. The normalized spacial score (nSPS) is 10.5. The number of hydrogen-bond acceptors (Lipinski definition) is 3. The molecule has 0 atom stereocenters. The fourth-order valence-corrected chi connectivity index (χ4v) is 2.75. The predicted molar refractivity (Wildman–Crippen MR) is 102 cm³/mol. The molecule has 3 aromatic rings. The van der Waals surface area contributed by atoms with Gasteiger partial charge in [0, 0.05) is 42.2 Å². The van der Waals surface area contributed by atoms with E-state index in [9.17, 15) is 9.59 Å². The quantitative estimate of drug-likeness (QED) is 0.683. The molecule has 1 aromatic heterocycles. The number of aryl methyl sites for hydroxylation is 2. The number of benzene rings is 2. The minimum absolute atomic E-state index is 0.00296. The van der Waals surface area contributed by atoms with Gasteiger partial charge in [0.1, 0.15) is 0 Å². The third kappa shape index (κ3) is 4.25. The number of carbonyl (C=O) groups is 2. The zero-order chi connectivity index (χ0) is 18.5. The number of aromatic nitrogens is 2. The lowest BCUT2D eigenvalue weighted by Gasteiger charge is -2.08. The third-order valence-corrected chi connectivity index (χ3v) is 4.23. The summed E-state index contributed by atoms with van der Waals surface area (Å²) in [5, 5.41) is 2.83. The van der Waals surface area contributed by atoms with E-state index in [1.807, 2.05) is 67.1 Å². The Morgan fingerprint density at radius 3 is 2.50 bits per heavy atom. The maximum Gasteiger partial charge on any atom is 0.224 e. The van der Waals surface area contributed by atoms with Crippen LogP contribution < -0.4 is 5.32 Å². The van der Waals surface area contributed by atoms with Gasteiger partial charge in [0.05, 0.1) is 6.33 Å². The van der Waals surface area contributed by atoms with Gasteiger partial charge in [-0.1, -0.05) is 17.7 Å². The highest BCUT2D eigenvalue weighted by Gasteiger charge is 2.12. The second-order valence-electron chi connectivity index (χ2n) is 6.31. The highest BCUT2D eigenvalue weighted by atomic mass is 16.2. The van der Waals surface area contributed by atoms with E-state index in [2.05, 4.69) is 10.3 Å². The second kappa shape index (κ2) is 7.78. The summed E-state index contributed by atoms with van der Waals surface area (Å²) in [6, 6.07) is 13.3. The van der Waals surface area contributed by atoms with Crippen molar-refractivity contribution in [3.63, 3.8) is 0 Å². The van der Waals surface area contributed by atoms with Crippen molar-refractivity contribution in [2.45, 2.75) is 26.7 Å². The first-order chi connectivity index (χ1) is 12.5. The Morgan fingerprint density at radius 2 is 1.81 bits per heavy atom. The molecule has 0 spiro atoms. The van der Waals surface area contributed by atoms with Crippen LogP contribution in [0.5, 0.6) is 0 Å². The van der Waals surface area contributed by atoms with Crippen LogP contribution in [-0.2, 0) is 4.79 Å². The molecular formula is C21H21N3O2. The van der Waals surface area contributed by atoms with Crippen molar-refractivity contribution in [2.75, 3.05) is 5.32 Å². The van der Waals surface area contributed by atoms with Crippen molar-refractivity contribution in [1.29, 1.82) is 0 Å². The van der Waals surface area contributed by atoms with Gasteiger partial charge in [0.15, 0.2) is 5.78 Å². The molecule has 0 saturated heterocycles. The maximum absolute atomic E-state index is 12.4. The number of nitrogens with one attached hydrogen (secondary N) is 1. The highest BCUT2D eigenvalue weighted by molar-refractivity contribution is 6.01. The highest BCUT2D eigenvalue weighted by Crippen LogP contribution is 2.16. The average molecular weight is 347 g/mol. The molecule has 0 fully saturated rings. The predicted octanol–water partition coefficient (Wildman–Crippen LogP) is 4.09. The zero-order valence-electron chi connectivity index (χ0n) is 14.9. The van der Waals surface area contributed by atoms with Crippen LogP contribution in [0.4, 0.5) is 5.69 Å². The van der Waals surface area contributed by atoms with E-state index in [1.54, 1.807) is 12.5 Å². The number of carbonyl (C=O) groups excluding carboxylic acids is 2. The smallest absolute Gasteiger partial charge is 0.224 e. The van der Waals surface area contributed by atoms with E-state index in [0.29, 0.717) is 11.3 Å². The van der Waals surface area contributed by atoms with Gasteiger partial charge in [-0.25, -0.2) is 4.98 Å². The van der Waals surface area contributed by atoms with Crippen molar-refractivity contribution in [1.82, 2.24) is 9.55 Å². The van der Waals surface area contributed by atoms with Crippen LogP contribution in [0.3, 0.4) is 0 Å². The van der Waals surface area contributed by atoms with Crippen LogP contribution in [0, 0.1) is 13.8 Å². The Morgan fingerprint density at radius 1 is 1.04 bits per heavy atom. The maximum atomic E-state index is 12.4. The van der Waals surface area contributed by atoms with Crippen LogP contribution in [-0.4, -0.2) is 21.2 Å². The van der Waals surface area contributed by atoms with Crippen LogP contribution >= 0.6 is 0 Å². The lowest BCUT2D eigenvalue weighted by molar-refractivity contribution is -0.116. The van der Waals surface area contributed by atoms with E-state index in [4.69, 9.17) is 0 Å². The van der Waals surface area contributed by atoms with Crippen LogP contribution in [0.2, 0.25) is 0 Å². The van der Waals surface area contributed by atoms with Crippen LogP contribution in [0.1, 0.15) is 34.3 Å². The third-order valence-electron chi connectivity index (χ3n) is 4.23. The molecular weight excluding hydrogens is 326 g/mol. The van der Waals surface area contributed by atoms with Crippen molar-refractivity contribution in [3.8, 4) is 5.69 Å². The van der Waals surface area contributed by atoms with Gasteiger partial charge >= 0.3 is 0 Å². The van der Waals surface area contributed by atoms with E-state index in [1.165, 1.54) is 0 Å². The van der Waals surface area contributed by atoms with Crippen molar-refractivity contribution in [2.24, 2.45) is 0 Å². The van der Waals surface area contributed by atoms with Crippen molar-refractivity contribution in [3.05, 3.63) is 77.9 Å². The molecule has 1 heterocycles. The number of Topliss-reactive ketones (excluding diaryl/α,β-unsaturated/α-hetero) is 1. The number of amides is 1. The van der Waals surface area contributed by atoms with Gasteiger partial charge in [-0.2, -0.15) is 0 Å². The average Bonchev–Trinajstić information content (AvgIpc) is 3.17. The van der Waals surface area contributed by atoms with Gasteiger partial charge in [-0.3, -0.25) is 9.59 Å². The molecule has 26 heavy (non-hydrogen) atoms. The van der Waals surface area contributed by atoms with E-state index >= 15 is 0 Å². The van der Waals surface area contributed by atoms with Crippen LogP contribution in [0.15, 0.2) is 61.2 Å². The molecule has 0 bridgehead atoms. The van der Waals surface area contributed by atoms with Crippen molar-refractivity contribution >= 4 is 17.4 Å². The first kappa shape index (κ1) is 17.6.